The summed E-state index contributed by atoms with van der Waals surface area (Å²) in [6.07, 6.45) is 5.63. The summed E-state index contributed by atoms with van der Waals surface area (Å²) < 4.78 is 27.3. The van der Waals surface area contributed by atoms with Gasteiger partial charge in [-0.05, 0) is 49.4 Å². The minimum Gasteiger partial charge on any atom is -0.312 e. The third kappa shape index (κ3) is 3.58. The zero-order valence-electron chi connectivity index (χ0n) is 13.5. The molecule has 0 unspecified atom stereocenters. The Morgan fingerprint density at radius 2 is 2.09 bits per heavy atom. The van der Waals surface area contributed by atoms with Crippen LogP contribution in [0.4, 0.5) is 5.69 Å². The van der Waals surface area contributed by atoms with E-state index in [0.29, 0.717) is 18.0 Å². The quantitative estimate of drug-likeness (QED) is 0.778. The van der Waals surface area contributed by atoms with Crippen LogP contribution < -0.4 is 9.62 Å². The van der Waals surface area contributed by atoms with Gasteiger partial charge in [-0.25, -0.2) is 13.1 Å². The summed E-state index contributed by atoms with van der Waals surface area (Å²) in [7, 11) is -3.46. The molecule has 2 aliphatic rings. The standard InChI is InChI=1S/C17H24N2O3S/c1-2-3-4-10-18-23(21,22)15-7-8-16-14(12-15)9-11-19(16)17(20)13-5-6-13/h7-8,12-13,18H,2-6,9-11H2,1H3. The minimum atomic E-state index is -3.46. The van der Waals surface area contributed by atoms with E-state index in [0.717, 1.165) is 49.8 Å². The molecular weight excluding hydrogens is 312 g/mol. The van der Waals surface area contributed by atoms with Gasteiger partial charge in [0, 0.05) is 24.7 Å². The molecule has 0 radical (unpaired) electrons. The van der Waals surface area contributed by atoms with Crippen LogP contribution in [0.15, 0.2) is 23.1 Å². The van der Waals surface area contributed by atoms with Crippen LogP contribution in [0.1, 0.15) is 44.6 Å². The van der Waals surface area contributed by atoms with E-state index in [1.807, 2.05) is 4.90 Å². The molecule has 5 nitrogen and oxygen atoms in total. The molecule has 0 aromatic heterocycles. The van der Waals surface area contributed by atoms with E-state index < -0.39 is 10.0 Å². The van der Waals surface area contributed by atoms with Gasteiger partial charge in [0.15, 0.2) is 0 Å². The second-order valence-electron chi connectivity index (χ2n) is 6.41. The first-order valence-corrected chi connectivity index (χ1v) is 9.95. The van der Waals surface area contributed by atoms with Crippen LogP contribution in [0.25, 0.3) is 0 Å². The fourth-order valence-electron chi connectivity index (χ4n) is 2.99. The highest BCUT2D eigenvalue weighted by Crippen LogP contribution is 2.37. The molecule has 126 valence electrons. The molecule has 1 aliphatic heterocycles. The van der Waals surface area contributed by atoms with Crippen molar-refractivity contribution in [1.29, 1.82) is 0 Å². The minimum absolute atomic E-state index is 0.185. The molecule has 23 heavy (non-hydrogen) atoms. The SMILES string of the molecule is CCCCCNS(=O)(=O)c1ccc2c(c1)CCN2C(=O)C1CC1. The summed E-state index contributed by atoms with van der Waals surface area (Å²) in [5.41, 5.74) is 1.84. The van der Waals surface area contributed by atoms with Gasteiger partial charge in [0.1, 0.15) is 0 Å². The Morgan fingerprint density at radius 3 is 2.78 bits per heavy atom. The maximum absolute atomic E-state index is 12.3. The zero-order valence-corrected chi connectivity index (χ0v) is 14.4. The normalized spacial score (nSPS) is 17.3. The molecule has 1 fully saturated rings. The van der Waals surface area contributed by atoms with E-state index in [4.69, 9.17) is 0 Å². The summed E-state index contributed by atoms with van der Waals surface area (Å²) in [4.78, 5) is 14.4. The number of nitrogens with zero attached hydrogens (tertiary/aromatic N) is 1. The number of hydrogen-bond donors (Lipinski definition) is 1. The predicted octanol–water partition coefficient (Wildman–Crippen LogP) is 2.45. The highest BCUT2D eigenvalue weighted by atomic mass is 32.2. The number of hydrogen-bond acceptors (Lipinski definition) is 3. The molecular formula is C17H24N2O3S. The number of carbonyl (C=O) groups is 1. The first-order chi connectivity index (χ1) is 11.0. The lowest BCUT2D eigenvalue weighted by molar-refractivity contribution is -0.119. The summed E-state index contributed by atoms with van der Waals surface area (Å²) >= 11 is 0. The molecule has 1 N–H and O–H groups in total. The van der Waals surface area contributed by atoms with Crippen LogP contribution in [0, 0.1) is 5.92 Å². The van der Waals surface area contributed by atoms with Crippen LogP contribution >= 0.6 is 0 Å². The van der Waals surface area contributed by atoms with Gasteiger partial charge in [-0.2, -0.15) is 0 Å². The fourth-order valence-corrected chi connectivity index (χ4v) is 4.11. The number of rotatable bonds is 7. The monoisotopic (exact) mass is 336 g/mol. The van der Waals surface area contributed by atoms with Crippen molar-refractivity contribution >= 4 is 21.6 Å². The molecule has 1 aromatic carbocycles. The van der Waals surface area contributed by atoms with E-state index in [1.54, 1.807) is 18.2 Å². The lowest BCUT2D eigenvalue weighted by Gasteiger charge is -2.17. The average molecular weight is 336 g/mol. The molecule has 3 rings (SSSR count). The zero-order chi connectivity index (χ0) is 16.4. The van der Waals surface area contributed by atoms with Gasteiger partial charge in [-0.1, -0.05) is 19.8 Å². The topological polar surface area (TPSA) is 66.5 Å². The third-order valence-electron chi connectivity index (χ3n) is 4.52. The molecule has 1 amide bonds. The van der Waals surface area contributed by atoms with Gasteiger partial charge in [0.25, 0.3) is 0 Å². The van der Waals surface area contributed by atoms with Crippen molar-refractivity contribution in [3.8, 4) is 0 Å². The molecule has 0 saturated heterocycles. The number of nitrogens with one attached hydrogen (secondary N) is 1. The van der Waals surface area contributed by atoms with Gasteiger partial charge < -0.3 is 4.90 Å². The molecule has 1 aromatic rings. The van der Waals surface area contributed by atoms with Crippen molar-refractivity contribution < 1.29 is 13.2 Å². The van der Waals surface area contributed by atoms with Gasteiger partial charge >= 0.3 is 0 Å². The Labute approximate surface area is 138 Å². The molecule has 0 spiro atoms. The van der Waals surface area contributed by atoms with E-state index in [-0.39, 0.29) is 11.8 Å². The number of carbonyl (C=O) groups excluding carboxylic acids is 1. The number of anilines is 1. The molecule has 1 aliphatic carbocycles. The Bertz CT molecular complexity index is 696. The van der Waals surface area contributed by atoms with Crippen molar-refractivity contribution in [2.75, 3.05) is 18.0 Å². The first-order valence-electron chi connectivity index (χ1n) is 8.47. The molecule has 1 heterocycles. The molecule has 0 atom stereocenters. The van der Waals surface area contributed by atoms with Crippen LogP contribution in [-0.2, 0) is 21.2 Å². The summed E-state index contributed by atoms with van der Waals surface area (Å²) in [5, 5.41) is 0. The second kappa shape index (κ2) is 6.61. The summed E-state index contributed by atoms with van der Waals surface area (Å²) in [5.74, 6) is 0.377. The largest absolute Gasteiger partial charge is 0.312 e. The Kier molecular flexibility index (Phi) is 4.73. The highest BCUT2D eigenvalue weighted by Gasteiger charge is 2.36. The van der Waals surface area contributed by atoms with Gasteiger partial charge in [0.2, 0.25) is 15.9 Å². The van der Waals surface area contributed by atoms with E-state index >= 15 is 0 Å². The number of sulfonamides is 1. The van der Waals surface area contributed by atoms with Gasteiger partial charge in [-0.15, -0.1) is 0 Å². The van der Waals surface area contributed by atoms with Crippen molar-refractivity contribution in [3.63, 3.8) is 0 Å². The third-order valence-corrected chi connectivity index (χ3v) is 5.98. The van der Waals surface area contributed by atoms with E-state index in [2.05, 4.69) is 11.6 Å². The Balaban J connectivity index is 1.72. The van der Waals surface area contributed by atoms with Gasteiger partial charge in [0.05, 0.1) is 4.90 Å². The smallest absolute Gasteiger partial charge is 0.240 e. The first kappa shape index (κ1) is 16.5. The Morgan fingerprint density at radius 1 is 1.30 bits per heavy atom. The van der Waals surface area contributed by atoms with E-state index in [1.165, 1.54) is 0 Å². The highest BCUT2D eigenvalue weighted by molar-refractivity contribution is 7.89. The average Bonchev–Trinajstić information content (AvgIpc) is 3.30. The maximum Gasteiger partial charge on any atom is 0.240 e. The van der Waals surface area contributed by atoms with Crippen molar-refractivity contribution in [2.45, 2.75) is 50.3 Å². The second-order valence-corrected chi connectivity index (χ2v) is 8.18. The molecule has 6 heteroatoms. The van der Waals surface area contributed by atoms with Crippen LogP contribution in [0.3, 0.4) is 0 Å². The Hall–Kier alpha value is -1.40. The lowest BCUT2D eigenvalue weighted by atomic mass is 10.2. The van der Waals surface area contributed by atoms with Crippen LogP contribution in [0.5, 0.6) is 0 Å². The van der Waals surface area contributed by atoms with Crippen LogP contribution in [-0.4, -0.2) is 27.4 Å². The predicted molar refractivity (Wildman–Crippen MR) is 89.9 cm³/mol. The molecule has 0 bridgehead atoms. The van der Waals surface area contributed by atoms with E-state index in [9.17, 15) is 13.2 Å². The van der Waals surface area contributed by atoms with Crippen molar-refractivity contribution in [2.24, 2.45) is 5.92 Å². The number of benzene rings is 1. The number of fused-ring (bicyclic) bond motifs is 1. The van der Waals surface area contributed by atoms with Crippen molar-refractivity contribution in [3.05, 3.63) is 23.8 Å². The van der Waals surface area contributed by atoms with Crippen LogP contribution in [0.2, 0.25) is 0 Å². The number of amides is 1. The fraction of sp³-hybridized carbons (Fsp3) is 0.588. The summed E-state index contributed by atoms with van der Waals surface area (Å²) in [6.45, 7) is 3.22. The van der Waals surface area contributed by atoms with Gasteiger partial charge in [-0.3, -0.25) is 4.79 Å². The lowest BCUT2D eigenvalue weighted by Crippen LogP contribution is -2.30. The molecule has 1 saturated carbocycles. The summed E-state index contributed by atoms with van der Waals surface area (Å²) in [6, 6.07) is 5.11. The van der Waals surface area contributed by atoms with Crippen molar-refractivity contribution in [1.82, 2.24) is 4.72 Å². The number of unbranched alkanes of at least 4 members (excludes halogenated alkanes) is 2. The maximum atomic E-state index is 12.3.